The summed E-state index contributed by atoms with van der Waals surface area (Å²) in [4.78, 5) is 51.2. The van der Waals surface area contributed by atoms with Crippen molar-refractivity contribution in [2.75, 3.05) is 18.0 Å². The minimum atomic E-state index is -1.55. The largest absolute Gasteiger partial charge is 0.444 e. The smallest absolute Gasteiger partial charge is 0.408 e. The van der Waals surface area contributed by atoms with Crippen LogP contribution in [-0.4, -0.2) is 81.7 Å². The number of anilines is 1. The van der Waals surface area contributed by atoms with Gasteiger partial charge in [-0.2, -0.15) is 0 Å². The number of alkyl carbamates (subject to hydrolysis) is 2. The lowest BCUT2D eigenvalue weighted by Gasteiger charge is -2.34. The number of carbonyl (C=O) groups excluding carboxylic acids is 3. The highest BCUT2D eigenvalue weighted by Gasteiger charge is 2.36. The molecule has 0 saturated carbocycles. The summed E-state index contributed by atoms with van der Waals surface area (Å²) in [6.45, 7) is 5.43. The summed E-state index contributed by atoms with van der Waals surface area (Å²) in [5.74, 6) is -0.922. The molecule has 3 amide bonds. The van der Waals surface area contributed by atoms with E-state index in [2.05, 4.69) is 30.8 Å². The van der Waals surface area contributed by atoms with Crippen molar-refractivity contribution in [3.05, 3.63) is 99.4 Å². The molecular formula is C37H46N6O7S2. The number of aromatic nitrogens is 2. The standard InChI is InChI=1S/C37H46N6O7S2/c1-24(2)31(42-37(48)49-20-27-22-51-35(39-27)43-15-9-10-16-43)34(46)40-29(17-25-11-5-3-6-12-25)32(44)33(45)30(18-26-13-7-4-8-14-26)41-36(47)50-21-28-19-38-23-52-28/h3-8,11-14,19,22-24,29-33,44-45H,9-10,15-18,20-21H2,1-2H3,(H,40,46)(H,41,47)(H,42,48)/t29-,30-,31-,32+,33-/m0/s1. The molecule has 5 N–H and O–H groups in total. The zero-order valence-electron chi connectivity index (χ0n) is 29.2. The van der Waals surface area contributed by atoms with E-state index in [1.165, 1.54) is 22.7 Å². The van der Waals surface area contributed by atoms with E-state index in [1.807, 2.05) is 66.0 Å². The second-order valence-corrected chi connectivity index (χ2v) is 14.8. The van der Waals surface area contributed by atoms with Gasteiger partial charge in [-0.1, -0.05) is 74.5 Å². The van der Waals surface area contributed by atoms with Crippen LogP contribution in [0.2, 0.25) is 0 Å². The molecule has 15 heteroatoms. The number of rotatable bonds is 17. The first-order chi connectivity index (χ1) is 25.2. The van der Waals surface area contributed by atoms with Crippen LogP contribution in [0.5, 0.6) is 0 Å². The van der Waals surface area contributed by atoms with Crippen molar-refractivity contribution in [3.8, 4) is 0 Å². The Morgan fingerprint density at radius 2 is 1.38 bits per heavy atom. The molecule has 52 heavy (non-hydrogen) atoms. The van der Waals surface area contributed by atoms with Crippen LogP contribution in [-0.2, 0) is 40.3 Å². The fourth-order valence-electron chi connectivity index (χ4n) is 5.90. The van der Waals surface area contributed by atoms with E-state index in [4.69, 9.17) is 9.47 Å². The fourth-order valence-corrected chi connectivity index (χ4v) is 7.27. The summed E-state index contributed by atoms with van der Waals surface area (Å²) < 4.78 is 10.8. The Hall–Kier alpha value is -4.57. The highest BCUT2D eigenvalue weighted by atomic mass is 32.1. The van der Waals surface area contributed by atoms with E-state index in [0.717, 1.165) is 47.1 Å². The Balaban J connectivity index is 1.26. The van der Waals surface area contributed by atoms with Crippen molar-refractivity contribution in [2.45, 2.75) is 83.1 Å². The van der Waals surface area contributed by atoms with Crippen LogP contribution in [0.4, 0.5) is 14.7 Å². The van der Waals surface area contributed by atoms with Gasteiger partial charge < -0.3 is 40.5 Å². The van der Waals surface area contributed by atoms with E-state index in [-0.39, 0.29) is 32.0 Å². The molecule has 2 aromatic heterocycles. The highest BCUT2D eigenvalue weighted by molar-refractivity contribution is 7.13. The second-order valence-electron chi connectivity index (χ2n) is 13.0. The average molecular weight is 751 g/mol. The van der Waals surface area contributed by atoms with Crippen LogP contribution in [0.1, 0.15) is 48.4 Å². The Labute approximate surface area is 311 Å². The van der Waals surface area contributed by atoms with Crippen LogP contribution in [0.25, 0.3) is 0 Å². The van der Waals surface area contributed by atoms with Crippen molar-refractivity contribution >= 4 is 45.9 Å². The number of aliphatic hydroxyl groups excluding tert-OH is 2. The predicted molar refractivity (Wildman–Crippen MR) is 199 cm³/mol. The van der Waals surface area contributed by atoms with Gasteiger partial charge in [0.25, 0.3) is 0 Å². The normalized spacial score (nSPS) is 15.7. The van der Waals surface area contributed by atoms with Crippen LogP contribution in [0.3, 0.4) is 0 Å². The Morgan fingerprint density at radius 1 is 0.808 bits per heavy atom. The Bertz CT molecular complexity index is 1690. The zero-order valence-corrected chi connectivity index (χ0v) is 30.9. The zero-order chi connectivity index (χ0) is 36.9. The Kier molecular flexibility index (Phi) is 14.4. The lowest BCUT2D eigenvalue weighted by molar-refractivity contribution is -0.126. The molecule has 1 aliphatic heterocycles. The third kappa shape index (κ3) is 11.5. The molecule has 3 heterocycles. The number of carbonyl (C=O) groups is 3. The number of ether oxygens (including phenoxy) is 2. The Morgan fingerprint density at radius 3 is 1.96 bits per heavy atom. The quantitative estimate of drug-likeness (QED) is 0.104. The molecule has 13 nitrogen and oxygen atoms in total. The molecule has 5 atom stereocenters. The first-order valence-electron chi connectivity index (χ1n) is 17.3. The highest BCUT2D eigenvalue weighted by Crippen LogP contribution is 2.25. The lowest BCUT2D eigenvalue weighted by atomic mass is 9.90. The maximum atomic E-state index is 13.8. The number of thiazole rings is 2. The van der Waals surface area contributed by atoms with Gasteiger partial charge in [-0.05, 0) is 42.7 Å². The van der Waals surface area contributed by atoms with E-state index in [1.54, 1.807) is 25.6 Å². The van der Waals surface area contributed by atoms with Gasteiger partial charge in [0.15, 0.2) is 5.13 Å². The van der Waals surface area contributed by atoms with Crippen molar-refractivity contribution in [3.63, 3.8) is 0 Å². The minimum Gasteiger partial charge on any atom is -0.444 e. The second kappa shape index (κ2) is 19.3. The first-order valence-corrected chi connectivity index (χ1v) is 19.1. The third-order valence-corrected chi connectivity index (χ3v) is 10.4. The maximum absolute atomic E-state index is 13.8. The lowest BCUT2D eigenvalue weighted by Crippen LogP contribution is -2.60. The van der Waals surface area contributed by atoms with Crippen LogP contribution < -0.4 is 20.9 Å². The summed E-state index contributed by atoms with van der Waals surface area (Å²) in [6.07, 6.45) is -0.479. The molecule has 5 rings (SSSR count). The number of aliphatic hydroxyl groups is 2. The number of benzene rings is 2. The molecule has 0 unspecified atom stereocenters. The van der Waals surface area contributed by atoms with Crippen LogP contribution in [0, 0.1) is 5.92 Å². The maximum Gasteiger partial charge on any atom is 0.408 e. The van der Waals surface area contributed by atoms with Crippen molar-refractivity contribution in [1.82, 2.24) is 25.9 Å². The molecule has 278 valence electrons. The number of hydrogen-bond acceptors (Lipinski definition) is 12. The van der Waals surface area contributed by atoms with Crippen LogP contribution in [0.15, 0.2) is 77.8 Å². The molecule has 0 bridgehead atoms. The van der Waals surface area contributed by atoms with Gasteiger partial charge in [0.2, 0.25) is 5.91 Å². The van der Waals surface area contributed by atoms with Gasteiger partial charge in [-0.15, -0.1) is 22.7 Å². The van der Waals surface area contributed by atoms with E-state index >= 15 is 0 Å². The number of hydrogen-bond donors (Lipinski definition) is 5. The topological polar surface area (TPSA) is 175 Å². The van der Waals surface area contributed by atoms with E-state index in [0.29, 0.717) is 5.69 Å². The molecule has 0 aliphatic carbocycles. The van der Waals surface area contributed by atoms with E-state index in [9.17, 15) is 24.6 Å². The number of nitrogens with zero attached hydrogens (tertiary/aromatic N) is 3. The average Bonchev–Trinajstić information content (AvgIpc) is 3.96. The summed E-state index contributed by atoms with van der Waals surface area (Å²) in [5, 5.41) is 34.4. The van der Waals surface area contributed by atoms with Gasteiger partial charge in [-0.25, -0.2) is 14.6 Å². The van der Waals surface area contributed by atoms with Crippen molar-refractivity contribution in [2.24, 2.45) is 5.92 Å². The minimum absolute atomic E-state index is 0.00463. The van der Waals surface area contributed by atoms with Gasteiger partial charge >= 0.3 is 12.2 Å². The van der Waals surface area contributed by atoms with E-state index < -0.39 is 48.4 Å². The van der Waals surface area contributed by atoms with Gasteiger partial charge in [0.1, 0.15) is 31.5 Å². The molecule has 1 fully saturated rings. The van der Waals surface area contributed by atoms with Crippen LogP contribution >= 0.6 is 22.7 Å². The SMILES string of the molecule is CC(C)[C@H](NC(=O)OCc1csc(N2CCCC2)n1)C(=O)N[C@@H](Cc1ccccc1)[C@@H](O)[C@@H](O)[C@H](Cc1ccccc1)NC(=O)OCc1cncs1. The molecule has 0 radical (unpaired) electrons. The summed E-state index contributed by atoms with van der Waals surface area (Å²) in [5.41, 5.74) is 3.85. The third-order valence-electron chi connectivity index (χ3n) is 8.72. The summed E-state index contributed by atoms with van der Waals surface area (Å²) in [6, 6.07) is 15.4. The van der Waals surface area contributed by atoms with Crippen molar-refractivity contribution in [1.29, 1.82) is 0 Å². The molecule has 2 aromatic carbocycles. The summed E-state index contributed by atoms with van der Waals surface area (Å²) >= 11 is 2.84. The number of amides is 3. The molecule has 1 aliphatic rings. The molecule has 1 saturated heterocycles. The predicted octanol–water partition coefficient (Wildman–Crippen LogP) is 4.44. The monoisotopic (exact) mass is 750 g/mol. The van der Waals surface area contributed by atoms with Crippen molar-refractivity contribution < 1.29 is 34.1 Å². The number of nitrogens with one attached hydrogen (secondary N) is 3. The molecular weight excluding hydrogens is 705 g/mol. The van der Waals surface area contributed by atoms with Gasteiger partial charge in [0, 0.05) is 24.7 Å². The molecule has 4 aromatic rings. The fraction of sp³-hybridized carbons (Fsp3) is 0.432. The van der Waals surface area contributed by atoms with Gasteiger partial charge in [0.05, 0.1) is 28.2 Å². The molecule has 0 spiro atoms. The summed E-state index contributed by atoms with van der Waals surface area (Å²) in [7, 11) is 0. The first kappa shape index (κ1) is 38.7. The van der Waals surface area contributed by atoms with Gasteiger partial charge in [-0.3, -0.25) is 9.78 Å².